The maximum Gasteiger partial charge on any atom is 0.229 e. The van der Waals surface area contributed by atoms with E-state index in [0.29, 0.717) is 12.0 Å². The lowest BCUT2D eigenvalue weighted by Gasteiger charge is -2.39. The number of amides is 1. The summed E-state index contributed by atoms with van der Waals surface area (Å²) in [5.41, 5.74) is 1.71. The molecule has 0 spiro atoms. The minimum Gasteiger partial charge on any atom is -0.390 e. The summed E-state index contributed by atoms with van der Waals surface area (Å²) >= 11 is 0. The predicted octanol–water partition coefficient (Wildman–Crippen LogP) is 1.79. The molecular weight excluding hydrogens is 290 g/mol. The zero-order chi connectivity index (χ0) is 15.5. The first-order valence-corrected chi connectivity index (χ1v) is 8.89. The first-order valence-electron chi connectivity index (χ1n) is 8.89. The number of aliphatic hydroxyl groups is 1. The summed E-state index contributed by atoms with van der Waals surface area (Å²) in [6.45, 7) is 2.08. The second-order valence-electron chi connectivity index (χ2n) is 8.19. The third-order valence-corrected chi connectivity index (χ3v) is 7.08. The van der Waals surface area contributed by atoms with E-state index >= 15 is 0 Å². The van der Waals surface area contributed by atoms with Crippen LogP contribution < -0.4 is 0 Å². The summed E-state index contributed by atoms with van der Waals surface area (Å²) in [5.74, 6) is 0.891. The molecular formula is C19H21NO3. The van der Waals surface area contributed by atoms with Gasteiger partial charge in [-0.3, -0.25) is 4.79 Å². The zero-order valence-corrected chi connectivity index (χ0v) is 13.2. The Morgan fingerprint density at radius 2 is 1.96 bits per heavy atom. The number of carbonyl (C=O) groups is 1. The summed E-state index contributed by atoms with van der Waals surface area (Å²) in [4.78, 5) is 15.3. The van der Waals surface area contributed by atoms with Crippen LogP contribution in [-0.2, 0) is 15.3 Å². The summed E-state index contributed by atoms with van der Waals surface area (Å²) in [5, 5.41) is 10.6. The minimum atomic E-state index is -0.613. The van der Waals surface area contributed by atoms with Gasteiger partial charge in [0.2, 0.25) is 5.91 Å². The standard InChI is InChI=1S/C19H21NO3/c1-9-2-4-10(5-3-9)19-15-13-8-12(16(21)17(13)23-19)14(15)18(22)20(19)11-6-7-11/h2-5,11-17,21H,6-8H2,1H3. The van der Waals surface area contributed by atoms with E-state index in [1.165, 1.54) is 5.56 Å². The van der Waals surface area contributed by atoms with Crippen LogP contribution in [0.1, 0.15) is 30.4 Å². The Morgan fingerprint density at radius 3 is 2.65 bits per heavy atom. The SMILES string of the molecule is Cc1ccc(C23OC4C(O)C5CC4C2C5C(=O)N3C2CC2)cc1. The molecule has 120 valence electrons. The Labute approximate surface area is 135 Å². The third kappa shape index (κ3) is 1.28. The largest absolute Gasteiger partial charge is 0.390 e. The third-order valence-electron chi connectivity index (χ3n) is 7.08. The molecule has 1 amide bonds. The van der Waals surface area contributed by atoms with Crippen LogP contribution in [0.4, 0.5) is 0 Å². The van der Waals surface area contributed by atoms with Crippen molar-refractivity contribution in [2.45, 2.75) is 50.2 Å². The normalized spacial score (nSPS) is 49.5. The van der Waals surface area contributed by atoms with Crippen molar-refractivity contribution in [2.75, 3.05) is 0 Å². The van der Waals surface area contributed by atoms with Crippen molar-refractivity contribution in [1.82, 2.24) is 4.90 Å². The average Bonchev–Trinajstić information content (AvgIpc) is 3.01. The van der Waals surface area contributed by atoms with E-state index in [1.54, 1.807) is 0 Å². The molecule has 6 rings (SSSR count). The van der Waals surface area contributed by atoms with Gasteiger partial charge in [0.1, 0.15) is 0 Å². The second-order valence-corrected chi connectivity index (χ2v) is 8.19. The Kier molecular flexibility index (Phi) is 2.15. The number of carbonyl (C=O) groups excluding carboxylic acids is 1. The van der Waals surface area contributed by atoms with Crippen LogP contribution in [0.15, 0.2) is 24.3 Å². The Balaban J connectivity index is 1.58. The topological polar surface area (TPSA) is 49.8 Å². The maximum atomic E-state index is 13.2. The number of hydrogen-bond donors (Lipinski definition) is 1. The highest BCUT2D eigenvalue weighted by molar-refractivity contribution is 5.85. The second kappa shape index (κ2) is 3.81. The first-order chi connectivity index (χ1) is 11.1. The van der Waals surface area contributed by atoms with Gasteiger partial charge < -0.3 is 14.7 Å². The molecule has 23 heavy (non-hydrogen) atoms. The monoisotopic (exact) mass is 311 g/mol. The lowest BCUT2D eigenvalue weighted by atomic mass is 9.75. The van der Waals surface area contributed by atoms with Gasteiger partial charge in [-0.25, -0.2) is 0 Å². The molecule has 1 aromatic carbocycles. The number of aryl methyl sites for hydroxylation is 1. The van der Waals surface area contributed by atoms with E-state index in [-0.39, 0.29) is 29.8 Å². The van der Waals surface area contributed by atoms with Gasteiger partial charge in [0, 0.05) is 17.5 Å². The van der Waals surface area contributed by atoms with E-state index in [2.05, 4.69) is 36.1 Å². The predicted molar refractivity (Wildman–Crippen MR) is 82.2 cm³/mol. The molecule has 3 saturated carbocycles. The van der Waals surface area contributed by atoms with Crippen molar-refractivity contribution >= 4 is 5.91 Å². The number of aliphatic hydroxyl groups excluding tert-OH is 1. The summed E-state index contributed by atoms with van der Waals surface area (Å²) in [6.07, 6.45) is 2.59. The van der Waals surface area contributed by atoms with E-state index in [0.717, 1.165) is 24.8 Å². The summed E-state index contributed by atoms with van der Waals surface area (Å²) in [6, 6.07) is 8.82. The molecule has 4 heteroatoms. The number of ether oxygens (including phenoxy) is 1. The quantitative estimate of drug-likeness (QED) is 0.906. The van der Waals surface area contributed by atoms with Crippen molar-refractivity contribution in [3.8, 4) is 0 Å². The fourth-order valence-corrected chi connectivity index (χ4v) is 6.16. The van der Waals surface area contributed by atoms with Gasteiger partial charge in [-0.15, -0.1) is 0 Å². The van der Waals surface area contributed by atoms with E-state index < -0.39 is 11.8 Å². The molecule has 5 aliphatic rings. The molecule has 7 unspecified atom stereocenters. The molecule has 2 bridgehead atoms. The molecule has 0 radical (unpaired) electrons. The van der Waals surface area contributed by atoms with Crippen molar-refractivity contribution in [2.24, 2.45) is 23.7 Å². The number of hydrogen-bond acceptors (Lipinski definition) is 3. The fraction of sp³-hybridized carbons (Fsp3) is 0.632. The van der Waals surface area contributed by atoms with Gasteiger partial charge in [-0.05, 0) is 38.0 Å². The van der Waals surface area contributed by atoms with Gasteiger partial charge in [-0.2, -0.15) is 0 Å². The molecule has 0 aromatic heterocycles. The number of fused-ring (bicyclic) bond motifs is 2. The smallest absolute Gasteiger partial charge is 0.229 e. The van der Waals surface area contributed by atoms with Crippen LogP contribution in [0, 0.1) is 30.6 Å². The molecule has 2 saturated heterocycles. The number of likely N-dealkylation sites (tertiary alicyclic amines) is 1. The van der Waals surface area contributed by atoms with E-state index in [9.17, 15) is 9.90 Å². The Morgan fingerprint density at radius 1 is 1.22 bits per heavy atom. The van der Waals surface area contributed by atoms with Crippen LogP contribution in [0.25, 0.3) is 0 Å². The number of nitrogens with zero attached hydrogens (tertiary/aromatic N) is 1. The lowest BCUT2D eigenvalue weighted by molar-refractivity contribution is -0.184. The van der Waals surface area contributed by atoms with Crippen molar-refractivity contribution < 1.29 is 14.6 Å². The summed E-state index contributed by atoms with van der Waals surface area (Å²) < 4.78 is 6.60. The minimum absolute atomic E-state index is 0.0318. The van der Waals surface area contributed by atoms with Gasteiger partial charge in [0.15, 0.2) is 5.72 Å². The van der Waals surface area contributed by atoms with Crippen molar-refractivity contribution in [1.29, 1.82) is 0 Å². The fourth-order valence-electron chi connectivity index (χ4n) is 6.16. The number of benzene rings is 1. The van der Waals surface area contributed by atoms with E-state index in [1.807, 2.05) is 0 Å². The summed E-state index contributed by atoms with van der Waals surface area (Å²) in [7, 11) is 0. The van der Waals surface area contributed by atoms with Gasteiger partial charge in [0.05, 0.1) is 18.1 Å². The maximum absolute atomic E-state index is 13.2. The van der Waals surface area contributed by atoms with Crippen molar-refractivity contribution in [3.63, 3.8) is 0 Å². The molecule has 1 aromatic rings. The molecule has 2 aliphatic heterocycles. The van der Waals surface area contributed by atoms with Crippen molar-refractivity contribution in [3.05, 3.63) is 35.4 Å². The molecule has 3 aliphatic carbocycles. The van der Waals surface area contributed by atoms with Crippen LogP contribution in [-0.4, -0.2) is 34.2 Å². The van der Waals surface area contributed by atoms with Crippen LogP contribution in [0.5, 0.6) is 0 Å². The average molecular weight is 311 g/mol. The van der Waals surface area contributed by atoms with Crippen LogP contribution in [0.3, 0.4) is 0 Å². The van der Waals surface area contributed by atoms with Crippen LogP contribution >= 0.6 is 0 Å². The number of rotatable bonds is 2. The van der Waals surface area contributed by atoms with Gasteiger partial charge in [0.25, 0.3) is 0 Å². The lowest BCUT2D eigenvalue weighted by Crippen LogP contribution is -2.50. The molecule has 1 N–H and O–H groups in total. The molecule has 5 fully saturated rings. The highest BCUT2D eigenvalue weighted by Gasteiger charge is 2.79. The van der Waals surface area contributed by atoms with Crippen LogP contribution in [0.2, 0.25) is 0 Å². The van der Waals surface area contributed by atoms with Gasteiger partial charge in [-0.1, -0.05) is 29.8 Å². The first kappa shape index (κ1) is 13.0. The van der Waals surface area contributed by atoms with Gasteiger partial charge >= 0.3 is 0 Å². The Bertz CT molecular complexity index is 712. The molecule has 2 heterocycles. The highest BCUT2D eigenvalue weighted by atomic mass is 16.6. The molecule has 4 nitrogen and oxygen atoms in total. The van der Waals surface area contributed by atoms with E-state index in [4.69, 9.17) is 4.74 Å². The Hall–Kier alpha value is -1.39. The zero-order valence-electron chi connectivity index (χ0n) is 13.2. The highest BCUT2D eigenvalue weighted by Crippen LogP contribution is 2.71. The molecule has 7 atom stereocenters.